The Kier molecular flexibility index (Phi) is 5.44. The molecule has 1 aliphatic heterocycles. The number of benzene rings is 1. The lowest BCUT2D eigenvalue weighted by atomic mass is 9.96. The van der Waals surface area contributed by atoms with Gasteiger partial charge in [0.25, 0.3) is 0 Å². The van der Waals surface area contributed by atoms with Crippen molar-refractivity contribution in [3.8, 4) is 5.75 Å². The fourth-order valence-corrected chi connectivity index (χ4v) is 2.84. The van der Waals surface area contributed by atoms with Crippen molar-refractivity contribution in [3.05, 3.63) is 18.2 Å². The number of nitrogen functional groups attached to an aromatic ring is 1. The number of hydrogen-bond acceptors (Lipinski definition) is 4. The molecule has 1 amide bonds. The van der Waals surface area contributed by atoms with Crippen molar-refractivity contribution < 1.29 is 9.53 Å². The minimum atomic E-state index is -0.0179. The van der Waals surface area contributed by atoms with Crippen LogP contribution in [-0.4, -0.2) is 37.6 Å². The molecule has 0 bridgehead atoms. The van der Waals surface area contributed by atoms with Crippen LogP contribution < -0.4 is 15.8 Å². The van der Waals surface area contributed by atoms with Crippen LogP contribution in [0.1, 0.15) is 26.2 Å². The van der Waals surface area contributed by atoms with Gasteiger partial charge in [-0.05, 0) is 43.5 Å². The number of carbonyl (C=O) groups excluding carboxylic acids is 1. The van der Waals surface area contributed by atoms with Crippen molar-refractivity contribution in [3.63, 3.8) is 0 Å². The van der Waals surface area contributed by atoms with Crippen molar-refractivity contribution in [1.29, 1.82) is 0 Å². The summed E-state index contributed by atoms with van der Waals surface area (Å²) in [5, 5.41) is 2.90. The van der Waals surface area contributed by atoms with E-state index in [1.54, 1.807) is 25.3 Å². The first-order valence-corrected chi connectivity index (χ1v) is 7.58. The van der Waals surface area contributed by atoms with Gasteiger partial charge in [-0.1, -0.05) is 13.3 Å². The molecule has 5 nitrogen and oxygen atoms in total. The highest BCUT2D eigenvalue weighted by atomic mass is 16.5. The third-order valence-corrected chi connectivity index (χ3v) is 4.05. The van der Waals surface area contributed by atoms with Crippen LogP contribution in [0.15, 0.2) is 18.2 Å². The molecule has 116 valence electrons. The average molecular weight is 291 g/mol. The normalized spacial score (nSPS) is 19.2. The van der Waals surface area contributed by atoms with Crippen LogP contribution in [0, 0.1) is 5.92 Å². The second-order valence-corrected chi connectivity index (χ2v) is 5.66. The molecule has 0 aliphatic carbocycles. The minimum absolute atomic E-state index is 0.0179. The quantitative estimate of drug-likeness (QED) is 0.817. The van der Waals surface area contributed by atoms with Crippen molar-refractivity contribution >= 4 is 17.3 Å². The van der Waals surface area contributed by atoms with Crippen molar-refractivity contribution in [1.82, 2.24) is 4.90 Å². The van der Waals surface area contributed by atoms with Gasteiger partial charge in [-0.3, -0.25) is 9.69 Å². The molecule has 1 fully saturated rings. The van der Waals surface area contributed by atoms with E-state index in [2.05, 4.69) is 17.1 Å². The van der Waals surface area contributed by atoms with Gasteiger partial charge in [-0.25, -0.2) is 0 Å². The van der Waals surface area contributed by atoms with Crippen molar-refractivity contribution in [2.75, 3.05) is 37.8 Å². The Hall–Kier alpha value is -1.75. The molecule has 0 spiro atoms. The second kappa shape index (κ2) is 7.31. The van der Waals surface area contributed by atoms with Crippen LogP contribution >= 0.6 is 0 Å². The highest BCUT2D eigenvalue weighted by Gasteiger charge is 2.20. The lowest BCUT2D eigenvalue weighted by Gasteiger charge is -2.31. The fourth-order valence-electron chi connectivity index (χ4n) is 2.84. The second-order valence-electron chi connectivity index (χ2n) is 5.66. The monoisotopic (exact) mass is 291 g/mol. The predicted molar refractivity (Wildman–Crippen MR) is 85.5 cm³/mol. The summed E-state index contributed by atoms with van der Waals surface area (Å²) in [4.78, 5) is 14.4. The van der Waals surface area contributed by atoms with Crippen LogP contribution in [0.3, 0.4) is 0 Å². The highest BCUT2D eigenvalue weighted by Crippen LogP contribution is 2.26. The van der Waals surface area contributed by atoms with Gasteiger partial charge in [-0.2, -0.15) is 0 Å². The summed E-state index contributed by atoms with van der Waals surface area (Å²) in [5.74, 6) is 1.33. The first-order chi connectivity index (χ1) is 10.1. The third-order valence-electron chi connectivity index (χ3n) is 4.05. The van der Waals surface area contributed by atoms with Crippen molar-refractivity contribution in [2.45, 2.75) is 26.2 Å². The maximum Gasteiger partial charge on any atom is 0.238 e. The van der Waals surface area contributed by atoms with E-state index in [1.807, 2.05) is 0 Å². The number of piperidine rings is 1. The molecule has 1 heterocycles. The molecule has 1 aromatic rings. The summed E-state index contributed by atoms with van der Waals surface area (Å²) in [7, 11) is 1.58. The Labute approximate surface area is 126 Å². The lowest BCUT2D eigenvalue weighted by molar-refractivity contribution is -0.117. The smallest absolute Gasteiger partial charge is 0.238 e. The fraction of sp³-hybridized carbons (Fsp3) is 0.562. The molecule has 0 aromatic heterocycles. The van der Waals surface area contributed by atoms with Crippen LogP contribution in [0.2, 0.25) is 0 Å². The number of nitrogens with one attached hydrogen (secondary N) is 1. The number of nitrogens with two attached hydrogens (primary N) is 1. The number of nitrogens with zero attached hydrogens (tertiary/aromatic N) is 1. The van der Waals surface area contributed by atoms with Crippen molar-refractivity contribution in [2.24, 2.45) is 5.92 Å². The Morgan fingerprint density at radius 1 is 1.52 bits per heavy atom. The molecule has 0 radical (unpaired) electrons. The Morgan fingerprint density at radius 2 is 2.33 bits per heavy atom. The average Bonchev–Trinajstić information content (AvgIpc) is 2.47. The largest absolute Gasteiger partial charge is 0.495 e. The number of amides is 1. The molecule has 1 aliphatic rings. The zero-order valence-corrected chi connectivity index (χ0v) is 12.9. The molecule has 5 heteroatoms. The zero-order valence-electron chi connectivity index (χ0n) is 12.9. The van der Waals surface area contributed by atoms with E-state index in [-0.39, 0.29) is 5.91 Å². The highest BCUT2D eigenvalue weighted by molar-refractivity contribution is 5.94. The number of likely N-dealkylation sites (tertiary alicyclic amines) is 1. The molecular formula is C16H25N3O2. The molecule has 0 saturated carbocycles. The van der Waals surface area contributed by atoms with Crippen LogP contribution in [0.5, 0.6) is 5.75 Å². The van der Waals surface area contributed by atoms with Gasteiger partial charge in [0, 0.05) is 12.2 Å². The molecule has 1 saturated heterocycles. The number of hydrogen-bond donors (Lipinski definition) is 2. The predicted octanol–water partition coefficient (Wildman–Crippen LogP) is 2.34. The van der Waals surface area contributed by atoms with Crippen LogP contribution in [0.4, 0.5) is 11.4 Å². The van der Waals surface area contributed by atoms with Gasteiger partial charge in [0.05, 0.1) is 19.3 Å². The van der Waals surface area contributed by atoms with Gasteiger partial charge in [-0.15, -0.1) is 0 Å². The number of anilines is 2. The van der Waals surface area contributed by atoms with Gasteiger partial charge in [0.2, 0.25) is 5.91 Å². The van der Waals surface area contributed by atoms with Gasteiger partial charge in [0.15, 0.2) is 0 Å². The van der Waals surface area contributed by atoms with E-state index < -0.39 is 0 Å². The minimum Gasteiger partial charge on any atom is -0.495 e. The molecule has 1 aromatic carbocycles. The Morgan fingerprint density at radius 3 is 3.05 bits per heavy atom. The molecule has 2 rings (SSSR count). The molecule has 3 N–H and O–H groups in total. The van der Waals surface area contributed by atoms with Crippen LogP contribution in [0.25, 0.3) is 0 Å². The van der Waals surface area contributed by atoms with E-state index in [4.69, 9.17) is 10.5 Å². The van der Waals surface area contributed by atoms with E-state index in [1.165, 1.54) is 19.3 Å². The summed E-state index contributed by atoms with van der Waals surface area (Å²) < 4.78 is 5.24. The third kappa shape index (κ3) is 4.36. The summed E-state index contributed by atoms with van der Waals surface area (Å²) in [6.45, 7) is 4.65. The van der Waals surface area contributed by atoms with E-state index >= 15 is 0 Å². The number of ether oxygens (including phenoxy) is 1. The summed E-state index contributed by atoms with van der Waals surface area (Å²) in [5.41, 5.74) is 7.00. The number of rotatable bonds is 5. The maximum atomic E-state index is 12.2. The topological polar surface area (TPSA) is 67.6 Å². The lowest BCUT2D eigenvalue weighted by Crippen LogP contribution is -2.40. The summed E-state index contributed by atoms with van der Waals surface area (Å²) in [6, 6.07) is 5.24. The van der Waals surface area contributed by atoms with Gasteiger partial charge < -0.3 is 15.8 Å². The molecule has 1 unspecified atom stereocenters. The van der Waals surface area contributed by atoms with E-state index in [0.717, 1.165) is 13.1 Å². The first kappa shape index (κ1) is 15.6. The van der Waals surface area contributed by atoms with E-state index in [9.17, 15) is 4.79 Å². The summed E-state index contributed by atoms with van der Waals surface area (Å²) >= 11 is 0. The molecule has 1 atom stereocenters. The standard InChI is InChI=1S/C16H25N3O2/c1-3-12-5-4-8-19(10-12)11-16(20)18-14-9-13(17)6-7-15(14)21-2/h6-7,9,12H,3-5,8,10-11,17H2,1-2H3,(H,18,20). The molecular weight excluding hydrogens is 266 g/mol. The first-order valence-electron chi connectivity index (χ1n) is 7.58. The van der Waals surface area contributed by atoms with Gasteiger partial charge in [0.1, 0.15) is 5.75 Å². The SMILES string of the molecule is CCC1CCCN(CC(=O)Nc2cc(N)ccc2OC)C1. The van der Waals surface area contributed by atoms with Gasteiger partial charge >= 0.3 is 0 Å². The zero-order chi connectivity index (χ0) is 15.2. The Balaban J connectivity index is 1.94. The van der Waals surface area contributed by atoms with Crippen LogP contribution in [-0.2, 0) is 4.79 Å². The maximum absolute atomic E-state index is 12.2. The number of methoxy groups -OCH3 is 1. The summed E-state index contributed by atoms with van der Waals surface area (Å²) in [6.07, 6.45) is 3.63. The number of carbonyl (C=O) groups is 1. The van der Waals surface area contributed by atoms with E-state index in [0.29, 0.717) is 29.6 Å². The Bertz CT molecular complexity index is 490. The molecule has 21 heavy (non-hydrogen) atoms.